The largest absolute Gasteiger partial charge is 0.379 e. The molecule has 0 aliphatic rings. The average Bonchev–Trinajstić information content (AvgIpc) is 2.05. The molecule has 0 amide bonds. The number of methoxy groups -OCH3 is 1. The lowest BCUT2D eigenvalue weighted by Gasteiger charge is -2.21. The Bertz CT molecular complexity index is 211. The summed E-state index contributed by atoms with van der Waals surface area (Å²) in [7, 11) is 1.73. The minimum atomic E-state index is -0.0522. The van der Waals surface area contributed by atoms with Crippen molar-refractivity contribution in [2.24, 2.45) is 0 Å². The zero-order valence-corrected chi connectivity index (χ0v) is 9.05. The van der Waals surface area contributed by atoms with Crippen molar-refractivity contribution in [3.63, 3.8) is 0 Å². The summed E-state index contributed by atoms with van der Waals surface area (Å²) in [5, 5.41) is 8.43. The molecule has 2 nitrogen and oxygen atoms in total. The van der Waals surface area contributed by atoms with Gasteiger partial charge in [0.05, 0.1) is 18.1 Å². The van der Waals surface area contributed by atoms with Crippen molar-refractivity contribution in [3.05, 3.63) is 11.6 Å². The maximum atomic E-state index is 8.43. The Morgan fingerprint density at radius 1 is 1.54 bits per heavy atom. The predicted molar refractivity (Wildman–Crippen MR) is 54.3 cm³/mol. The minimum Gasteiger partial charge on any atom is -0.379 e. The summed E-state index contributed by atoms with van der Waals surface area (Å²) in [5.74, 6) is 0. The Labute approximate surface area is 81.2 Å². The second-order valence-corrected chi connectivity index (χ2v) is 3.89. The van der Waals surface area contributed by atoms with Gasteiger partial charge in [-0.1, -0.05) is 11.6 Å². The molecular weight excluding hydrogens is 162 g/mol. The van der Waals surface area contributed by atoms with Gasteiger partial charge in [-0.15, -0.1) is 0 Å². The van der Waals surface area contributed by atoms with Crippen LogP contribution in [-0.4, -0.2) is 12.7 Å². The molecule has 0 aliphatic carbocycles. The van der Waals surface area contributed by atoms with Crippen LogP contribution in [0.15, 0.2) is 11.6 Å². The van der Waals surface area contributed by atoms with Crippen molar-refractivity contribution in [3.8, 4) is 6.07 Å². The zero-order chi connectivity index (χ0) is 10.3. The highest BCUT2D eigenvalue weighted by atomic mass is 16.5. The van der Waals surface area contributed by atoms with Gasteiger partial charge < -0.3 is 4.74 Å². The lowest BCUT2D eigenvalue weighted by Crippen LogP contribution is -2.21. The normalized spacial score (nSPS) is 12.7. The van der Waals surface area contributed by atoms with E-state index in [1.165, 1.54) is 0 Å². The summed E-state index contributed by atoms with van der Waals surface area (Å²) in [5.41, 5.74) is 1.10. The van der Waals surface area contributed by atoms with Gasteiger partial charge in [-0.2, -0.15) is 5.26 Å². The molecule has 13 heavy (non-hydrogen) atoms. The molecule has 0 heterocycles. The van der Waals surface area contributed by atoms with Gasteiger partial charge in [-0.05, 0) is 33.6 Å². The third-order valence-corrected chi connectivity index (χ3v) is 2.15. The summed E-state index contributed by atoms with van der Waals surface area (Å²) < 4.78 is 5.29. The third-order valence-electron chi connectivity index (χ3n) is 2.15. The summed E-state index contributed by atoms with van der Waals surface area (Å²) in [6.45, 7) is 6.13. The predicted octanol–water partition coefficient (Wildman–Crippen LogP) is 3.05. The van der Waals surface area contributed by atoms with Crippen molar-refractivity contribution in [2.45, 2.75) is 45.6 Å². The maximum Gasteiger partial charge on any atom is 0.0666 e. The highest BCUT2D eigenvalue weighted by Gasteiger charge is 2.14. The number of allylic oxidation sites excluding steroid dienone is 2. The Balaban J connectivity index is 3.79. The number of rotatable bonds is 5. The molecule has 2 heteroatoms. The van der Waals surface area contributed by atoms with E-state index >= 15 is 0 Å². The van der Waals surface area contributed by atoms with Crippen molar-refractivity contribution >= 4 is 0 Å². The topological polar surface area (TPSA) is 33.0 Å². The molecule has 0 bridgehead atoms. The van der Waals surface area contributed by atoms with Crippen molar-refractivity contribution < 1.29 is 4.74 Å². The zero-order valence-electron chi connectivity index (χ0n) is 9.05. The van der Waals surface area contributed by atoms with E-state index in [-0.39, 0.29) is 5.60 Å². The van der Waals surface area contributed by atoms with Crippen molar-refractivity contribution in [2.75, 3.05) is 7.11 Å². The van der Waals surface area contributed by atoms with Gasteiger partial charge in [0.25, 0.3) is 0 Å². The number of hydrogen-bond donors (Lipinski definition) is 0. The molecule has 0 aromatic heterocycles. The monoisotopic (exact) mass is 181 g/mol. The van der Waals surface area contributed by atoms with E-state index in [4.69, 9.17) is 10.00 Å². The molecule has 0 rings (SSSR count). The van der Waals surface area contributed by atoms with E-state index in [0.29, 0.717) is 6.42 Å². The molecule has 74 valence electrons. The average molecular weight is 181 g/mol. The second-order valence-electron chi connectivity index (χ2n) is 3.89. The van der Waals surface area contributed by atoms with Crippen LogP contribution in [0.3, 0.4) is 0 Å². The molecule has 0 N–H and O–H groups in total. The van der Waals surface area contributed by atoms with Crippen LogP contribution in [0.5, 0.6) is 0 Å². The minimum absolute atomic E-state index is 0.0522. The highest BCUT2D eigenvalue weighted by Crippen LogP contribution is 2.16. The maximum absolute atomic E-state index is 8.43. The molecule has 0 spiro atoms. The van der Waals surface area contributed by atoms with Crippen molar-refractivity contribution in [1.82, 2.24) is 0 Å². The molecule has 0 atom stereocenters. The Hall–Kier alpha value is -0.810. The van der Waals surface area contributed by atoms with Crippen LogP contribution < -0.4 is 0 Å². The molecule has 0 aliphatic heterocycles. The Morgan fingerprint density at radius 2 is 2.15 bits per heavy atom. The van der Waals surface area contributed by atoms with E-state index in [1.54, 1.807) is 7.11 Å². The summed E-state index contributed by atoms with van der Waals surface area (Å²) in [6.07, 6.45) is 4.62. The molecule has 0 aromatic carbocycles. The lowest BCUT2D eigenvalue weighted by molar-refractivity contribution is 0.0163. The molecule has 0 aromatic rings. The Morgan fingerprint density at radius 3 is 2.62 bits per heavy atom. The smallest absolute Gasteiger partial charge is 0.0666 e. The standard InChI is InChI=1S/C11H19NO/c1-10(7-9-12)6-5-8-11(2,3)13-4/h6H,5,7-8H2,1-4H3/b10-6+. The third kappa shape index (κ3) is 6.36. The molecular formula is C11H19NO. The van der Waals surface area contributed by atoms with Gasteiger partial charge in [-0.25, -0.2) is 0 Å². The van der Waals surface area contributed by atoms with Crippen LogP contribution in [0.25, 0.3) is 0 Å². The first-order valence-corrected chi connectivity index (χ1v) is 4.59. The fraction of sp³-hybridized carbons (Fsp3) is 0.727. The van der Waals surface area contributed by atoms with Crippen LogP contribution in [-0.2, 0) is 4.74 Å². The molecule has 0 saturated carbocycles. The van der Waals surface area contributed by atoms with E-state index in [9.17, 15) is 0 Å². The number of hydrogen-bond acceptors (Lipinski definition) is 2. The van der Waals surface area contributed by atoms with Crippen LogP contribution in [0.2, 0.25) is 0 Å². The first kappa shape index (κ1) is 12.2. The first-order valence-electron chi connectivity index (χ1n) is 4.59. The number of nitrogens with zero attached hydrogens (tertiary/aromatic N) is 1. The molecule has 0 unspecified atom stereocenters. The van der Waals surface area contributed by atoms with Crippen LogP contribution in [0, 0.1) is 11.3 Å². The van der Waals surface area contributed by atoms with E-state index in [0.717, 1.165) is 18.4 Å². The van der Waals surface area contributed by atoms with Gasteiger partial charge in [0.2, 0.25) is 0 Å². The van der Waals surface area contributed by atoms with Crippen LogP contribution in [0.1, 0.15) is 40.0 Å². The molecule has 0 saturated heterocycles. The van der Waals surface area contributed by atoms with E-state index < -0.39 is 0 Å². The summed E-state index contributed by atoms with van der Waals surface area (Å²) >= 11 is 0. The van der Waals surface area contributed by atoms with E-state index in [2.05, 4.69) is 26.0 Å². The Kier molecular flexibility index (Phi) is 5.41. The van der Waals surface area contributed by atoms with Crippen LogP contribution in [0.4, 0.5) is 0 Å². The molecule has 0 radical (unpaired) electrons. The highest BCUT2D eigenvalue weighted by molar-refractivity contribution is 5.04. The van der Waals surface area contributed by atoms with Gasteiger partial charge in [-0.3, -0.25) is 0 Å². The van der Waals surface area contributed by atoms with Gasteiger partial charge in [0.15, 0.2) is 0 Å². The summed E-state index contributed by atoms with van der Waals surface area (Å²) in [4.78, 5) is 0. The number of nitriles is 1. The fourth-order valence-electron chi connectivity index (χ4n) is 0.965. The molecule has 0 fully saturated rings. The van der Waals surface area contributed by atoms with Gasteiger partial charge in [0.1, 0.15) is 0 Å². The quantitative estimate of drug-likeness (QED) is 0.611. The van der Waals surface area contributed by atoms with Gasteiger partial charge >= 0.3 is 0 Å². The first-order chi connectivity index (χ1) is 6.02. The van der Waals surface area contributed by atoms with Crippen LogP contribution >= 0.6 is 0 Å². The lowest BCUT2D eigenvalue weighted by atomic mass is 10.0. The fourth-order valence-corrected chi connectivity index (χ4v) is 0.965. The second kappa shape index (κ2) is 5.77. The number of ether oxygens (including phenoxy) is 1. The van der Waals surface area contributed by atoms with Gasteiger partial charge in [0, 0.05) is 7.11 Å². The van der Waals surface area contributed by atoms with Crippen molar-refractivity contribution in [1.29, 1.82) is 5.26 Å². The SMILES string of the molecule is COC(C)(C)CC/C=C(\C)CC#N. The summed E-state index contributed by atoms with van der Waals surface area (Å²) in [6, 6.07) is 2.13. The van der Waals surface area contributed by atoms with E-state index in [1.807, 2.05) is 6.92 Å².